The van der Waals surface area contributed by atoms with E-state index in [0.717, 1.165) is 16.7 Å². The van der Waals surface area contributed by atoms with Crippen LogP contribution < -0.4 is 20.3 Å². The van der Waals surface area contributed by atoms with Gasteiger partial charge in [-0.1, -0.05) is 42.5 Å². The summed E-state index contributed by atoms with van der Waals surface area (Å²) in [5, 5.41) is 3.09. The number of carbonyl (C=O) groups excluding carboxylic acids is 1. The monoisotopic (exact) mass is 517 g/mol. The van der Waals surface area contributed by atoms with Crippen LogP contribution in [0.1, 0.15) is 34.0 Å². The van der Waals surface area contributed by atoms with Gasteiger partial charge in [-0.2, -0.15) is 0 Å². The van der Waals surface area contributed by atoms with Gasteiger partial charge in [0.25, 0.3) is 5.56 Å². The maximum Gasteiger partial charge on any atom is 0.347 e. The fraction of sp³-hybridized carbons (Fsp3) is 0.276. The van der Waals surface area contributed by atoms with Crippen LogP contribution in [-0.2, 0) is 24.3 Å². The first-order valence-corrected chi connectivity index (χ1v) is 12.5. The molecule has 0 saturated carbocycles. The maximum atomic E-state index is 13.8. The molecule has 3 heterocycles. The highest BCUT2D eigenvalue weighted by Gasteiger charge is 2.33. The predicted molar refractivity (Wildman–Crippen MR) is 140 cm³/mol. The number of benzene rings is 2. The number of aromatic nitrogens is 2. The molecule has 0 aliphatic carbocycles. The summed E-state index contributed by atoms with van der Waals surface area (Å²) in [6.45, 7) is 2.61. The van der Waals surface area contributed by atoms with Crippen molar-refractivity contribution >= 4 is 17.0 Å². The standard InChI is InChI=1S/C29H28FN3O5/c1-3-36-29(35)23-27(37-17-19-7-5-4-6-8-19)24-25-26(38-22(15-31-2)16-33(25)28(23)34)20(14-32-24)13-18-9-11-21(30)12-10-18/h4-12,14,22,31H,3,13,15-17H2,1-2H3/t22-/m1/s1. The second-order valence-corrected chi connectivity index (χ2v) is 9.03. The Balaban J connectivity index is 1.70. The highest BCUT2D eigenvalue weighted by Crippen LogP contribution is 2.38. The molecule has 0 fully saturated rings. The molecule has 4 aromatic rings. The van der Waals surface area contributed by atoms with Gasteiger partial charge >= 0.3 is 5.97 Å². The molecule has 1 atom stereocenters. The van der Waals surface area contributed by atoms with E-state index in [1.165, 1.54) is 16.7 Å². The van der Waals surface area contributed by atoms with Crippen LogP contribution >= 0.6 is 0 Å². The van der Waals surface area contributed by atoms with Crippen LogP contribution in [0.3, 0.4) is 0 Å². The first-order chi connectivity index (χ1) is 18.5. The Morgan fingerprint density at radius 1 is 1.16 bits per heavy atom. The smallest absolute Gasteiger partial charge is 0.347 e. The second-order valence-electron chi connectivity index (χ2n) is 9.03. The normalized spacial score (nSPS) is 14.2. The van der Waals surface area contributed by atoms with Crippen molar-refractivity contribution in [3.8, 4) is 11.5 Å². The van der Waals surface area contributed by atoms with E-state index < -0.39 is 11.5 Å². The van der Waals surface area contributed by atoms with Crippen LogP contribution in [0.5, 0.6) is 11.5 Å². The van der Waals surface area contributed by atoms with Crippen molar-refractivity contribution in [1.82, 2.24) is 14.9 Å². The number of nitrogens with one attached hydrogen (secondary N) is 1. The minimum absolute atomic E-state index is 0.0637. The first kappa shape index (κ1) is 25.4. The van der Waals surface area contributed by atoms with Gasteiger partial charge in [0.1, 0.15) is 29.6 Å². The zero-order chi connectivity index (χ0) is 26.6. The van der Waals surface area contributed by atoms with Crippen LogP contribution in [0.2, 0.25) is 0 Å². The number of rotatable bonds is 9. The lowest BCUT2D eigenvalue weighted by Gasteiger charge is -2.30. The molecule has 2 aromatic heterocycles. The Bertz CT molecular complexity index is 1520. The van der Waals surface area contributed by atoms with Gasteiger partial charge in [-0.15, -0.1) is 0 Å². The fourth-order valence-corrected chi connectivity index (χ4v) is 4.64. The summed E-state index contributed by atoms with van der Waals surface area (Å²) in [5.74, 6) is -0.532. The number of halogens is 1. The van der Waals surface area contributed by atoms with Crippen molar-refractivity contribution in [2.75, 3.05) is 20.2 Å². The Labute approximate surface area is 219 Å². The molecule has 9 heteroatoms. The molecule has 38 heavy (non-hydrogen) atoms. The average molecular weight is 518 g/mol. The van der Waals surface area contributed by atoms with Crippen LogP contribution in [0.15, 0.2) is 65.6 Å². The Hall–Kier alpha value is -4.24. The van der Waals surface area contributed by atoms with Gasteiger partial charge in [0.05, 0.1) is 13.2 Å². The molecule has 0 saturated heterocycles. The Kier molecular flexibility index (Phi) is 7.37. The highest BCUT2D eigenvalue weighted by atomic mass is 19.1. The lowest BCUT2D eigenvalue weighted by molar-refractivity contribution is 0.0517. The quantitative estimate of drug-likeness (QED) is 0.337. The van der Waals surface area contributed by atoms with Crippen LogP contribution in [0, 0.1) is 5.82 Å². The number of pyridine rings is 2. The molecular formula is C29H28FN3O5. The van der Waals surface area contributed by atoms with E-state index >= 15 is 0 Å². The van der Waals surface area contributed by atoms with E-state index in [1.54, 1.807) is 32.3 Å². The van der Waals surface area contributed by atoms with Crippen molar-refractivity contribution in [2.45, 2.75) is 32.6 Å². The van der Waals surface area contributed by atoms with Gasteiger partial charge < -0.3 is 19.5 Å². The summed E-state index contributed by atoms with van der Waals surface area (Å²) in [4.78, 5) is 31.5. The molecule has 1 N–H and O–H groups in total. The van der Waals surface area contributed by atoms with Crippen molar-refractivity contribution < 1.29 is 23.4 Å². The van der Waals surface area contributed by atoms with Crippen LogP contribution in [-0.4, -0.2) is 41.8 Å². The first-order valence-electron chi connectivity index (χ1n) is 12.5. The molecule has 196 valence electrons. The van der Waals surface area contributed by atoms with Gasteiger partial charge in [-0.25, -0.2) is 9.18 Å². The zero-order valence-corrected chi connectivity index (χ0v) is 21.2. The Morgan fingerprint density at radius 3 is 2.63 bits per heavy atom. The molecule has 0 spiro atoms. The summed E-state index contributed by atoms with van der Waals surface area (Å²) in [6, 6.07) is 15.6. The maximum absolute atomic E-state index is 13.8. The van der Waals surface area contributed by atoms with Crippen molar-refractivity contribution in [2.24, 2.45) is 0 Å². The van der Waals surface area contributed by atoms with E-state index in [2.05, 4.69) is 10.3 Å². The van der Waals surface area contributed by atoms with E-state index in [4.69, 9.17) is 14.2 Å². The van der Waals surface area contributed by atoms with Crippen molar-refractivity contribution in [3.63, 3.8) is 0 Å². The number of hydrogen-bond donors (Lipinski definition) is 1. The molecule has 8 nitrogen and oxygen atoms in total. The van der Waals surface area contributed by atoms with E-state index in [9.17, 15) is 14.0 Å². The van der Waals surface area contributed by atoms with Gasteiger partial charge in [-0.3, -0.25) is 14.3 Å². The lowest BCUT2D eigenvalue weighted by Crippen LogP contribution is -2.41. The topological polar surface area (TPSA) is 91.7 Å². The van der Waals surface area contributed by atoms with E-state index in [0.29, 0.717) is 29.7 Å². The number of nitrogens with zero attached hydrogens (tertiary/aromatic N) is 2. The third kappa shape index (κ3) is 4.97. The largest absolute Gasteiger partial charge is 0.485 e. The molecule has 0 bridgehead atoms. The summed E-state index contributed by atoms with van der Waals surface area (Å²) < 4.78 is 32.8. The number of ether oxygens (including phenoxy) is 3. The van der Waals surface area contributed by atoms with Crippen LogP contribution in [0.4, 0.5) is 4.39 Å². The third-order valence-corrected chi connectivity index (χ3v) is 6.37. The van der Waals surface area contributed by atoms with Gasteiger partial charge in [0.2, 0.25) is 0 Å². The number of carbonyl (C=O) groups is 1. The van der Waals surface area contributed by atoms with E-state index in [-0.39, 0.29) is 43.0 Å². The SMILES string of the molecule is CCOC(=O)c1c(OCc2ccccc2)c2ncc(Cc3ccc(F)cc3)c3c2n(c1=O)C[C@@H](CNC)O3. The summed E-state index contributed by atoms with van der Waals surface area (Å²) in [7, 11) is 1.80. The van der Waals surface area contributed by atoms with Crippen molar-refractivity contribution in [3.05, 3.63) is 99.2 Å². The summed E-state index contributed by atoms with van der Waals surface area (Å²) in [5.41, 5.74) is 2.54. The average Bonchev–Trinajstić information content (AvgIpc) is 2.92. The minimum Gasteiger partial charge on any atom is -0.485 e. The van der Waals surface area contributed by atoms with Crippen molar-refractivity contribution in [1.29, 1.82) is 0 Å². The summed E-state index contributed by atoms with van der Waals surface area (Å²) >= 11 is 0. The molecule has 1 aliphatic rings. The highest BCUT2D eigenvalue weighted by molar-refractivity contribution is 6.00. The summed E-state index contributed by atoms with van der Waals surface area (Å²) in [6.07, 6.45) is 1.70. The van der Waals surface area contributed by atoms with Gasteiger partial charge in [0, 0.05) is 24.7 Å². The van der Waals surface area contributed by atoms with Gasteiger partial charge in [-0.05, 0) is 37.2 Å². The van der Waals surface area contributed by atoms with Crippen LogP contribution in [0.25, 0.3) is 11.0 Å². The second kappa shape index (κ2) is 11.0. The molecule has 0 amide bonds. The molecule has 1 aliphatic heterocycles. The number of hydrogen-bond acceptors (Lipinski definition) is 7. The predicted octanol–water partition coefficient (Wildman–Crippen LogP) is 3.86. The zero-order valence-electron chi connectivity index (χ0n) is 21.2. The van der Waals surface area contributed by atoms with E-state index in [1.807, 2.05) is 30.3 Å². The number of likely N-dealkylation sites (N-methyl/N-ethyl adjacent to an activating group) is 1. The lowest BCUT2D eigenvalue weighted by atomic mass is 10.0. The molecule has 0 radical (unpaired) electrons. The molecule has 0 unspecified atom stereocenters. The Morgan fingerprint density at radius 2 is 1.92 bits per heavy atom. The minimum atomic E-state index is -0.762. The number of esters is 1. The fourth-order valence-electron chi connectivity index (χ4n) is 4.64. The van der Waals surface area contributed by atoms with Gasteiger partial charge in [0.15, 0.2) is 17.1 Å². The molecule has 5 rings (SSSR count). The molecular weight excluding hydrogens is 489 g/mol. The third-order valence-electron chi connectivity index (χ3n) is 6.37. The molecule has 2 aromatic carbocycles.